The van der Waals surface area contributed by atoms with Crippen LogP contribution in [0.2, 0.25) is 0 Å². The normalized spacial score (nSPS) is 11.2. The standard InChI is InChI=1S/C19H15FN4OS/c1-12-4-2-3-5-13(12)11-26-19-22-17-16(18(25)23-19)10-21-24(17)15-8-6-14(20)7-9-15/h2-10H,11H2,1H3,(H,22,23,25). The SMILES string of the molecule is Cc1ccccc1CSc1nc2c(cnn2-c2ccc(F)cc2)c(=O)[nH]1. The summed E-state index contributed by atoms with van der Waals surface area (Å²) >= 11 is 1.46. The summed E-state index contributed by atoms with van der Waals surface area (Å²) in [6, 6.07) is 14.0. The second kappa shape index (κ2) is 6.76. The number of thioether (sulfide) groups is 1. The minimum atomic E-state index is -0.328. The number of aryl methyl sites for hydroxylation is 1. The number of hydrogen-bond donors (Lipinski definition) is 1. The van der Waals surface area contributed by atoms with Crippen LogP contribution in [0, 0.1) is 12.7 Å². The third-order valence-electron chi connectivity index (χ3n) is 4.11. The van der Waals surface area contributed by atoms with E-state index in [1.165, 1.54) is 41.2 Å². The van der Waals surface area contributed by atoms with Crippen molar-refractivity contribution in [2.75, 3.05) is 0 Å². The van der Waals surface area contributed by atoms with Gasteiger partial charge in [0.25, 0.3) is 5.56 Å². The lowest BCUT2D eigenvalue weighted by atomic mass is 10.1. The first-order valence-corrected chi connectivity index (χ1v) is 9.02. The molecule has 0 saturated carbocycles. The van der Waals surface area contributed by atoms with Crippen LogP contribution < -0.4 is 5.56 Å². The van der Waals surface area contributed by atoms with Gasteiger partial charge in [-0.3, -0.25) is 4.79 Å². The molecule has 0 aliphatic heterocycles. The third kappa shape index (κ3) is 3.13. The fourth-order valence-electron chi connectivity index (χ4n) is 2.66. The summed E-state index contributed by atoms with van der Waals surface area (Å²) in [5.41, 5.74) is 3.24. The molecule has 0 atom stereocenters. The van der Waals surface area contributed by atoms with Gasteiger partial charge in [-0.2, -0.15) is 5.10 Å². The number of H-pyrrole nitrogens is 1. The Balaban J connectivity index is 1.71. The average molecular weight is 366 g/mol. The van der Waals surface area contributed by atoms with Crippen LogP contribution in [0.15, 0.2) is 64.7 Å². The van der Waals surface area contributed by atoms with Gasteiger partial charge in [0.15, 0.2) is 10.8 Å². The van der Waals surface area contributed by atoms with Crippen LogP contribution in [0.25, 0.3) is 16.7 Å². The van der Waals surface area contributed by atoms with Crippen molar-refractivity contribution in [3.63, 3.8) is 0 Å². The van der Waals surface area contributed by atoms with Gasteiger partial charge in [0.1, 0.15) is 11.2 Å². The highest BCUT2D eigenvalue weighted by atomic mass is 32.2. The number of hydrogen-bond acceptors (Lipinski definition) is 4. The van der Waals surface area contributed by atoms with E-state index in [2.05, 4.69) is 34.1 Å². The van der Waals surface area contributed by atoms with Gasteiger partial charge in [0.05, 0.1) is 11.9 Å². The van der Waals surface area contributed by atoms with Crippen LogP contribution in [-0.2, 0) is 5.75 Å². The monoisotopic (exact) mass is 366 g/mol. The molecule has 26 heavy (non-hydrogen) atoms. The van der Waals surface area contributed by atoms with Crippen LogP contribution in [-0.4, -0.2) is 19.7 Å². The fraction of sp³-hybridized carbons (Fsp3) is 0.105. The Morgan fingerprint density at radius 2 is 1.92 bits per heavy atom. The molecule has 4 aromatic rings. The molecule has 0 unspecified atom stereocenters. The van der Waals surface area contributed by atoms with E-state index in [0.717, 1.165) is 0 Å². The molecule has 7 heteroatoms. The highest BCUT2D eigenvalue weighted by Gasteiger charge is 2.12. The maximum absolute atomic E-state index is 13.2. The Labute approximate surface area is 152 Å². The Kier molecular flexibility index (Phi) is 4.30. The molecule has 130 valence electrons. The number of nitrogens with one attached hydrogen (secondary N) is 1. The van der Waals surface area contributed by atoms with E-state index < -0.39 is 0 Å². The largest absolute Gasteiger partial charge is 0.301 e. The molecule has 0 aliphatic carbocycles. The van der Waals surface area contributed by atoms with E-state index in [4.69, 9.17) is 0 Å². The Morgan fingerprint density at radius 1 is 1.15 bits per heavy atom. The quantitative estimate of drug-likeness (QED) is 0.440. The number of benzene rings is 2. The number of halogens is 1. The lowest BCUT2D eigenvalue weighted by Crippen LogP contribution is -2.09. The topological polar surface area (TPSA) is 63.6 Å². The van der Waals surface area contributed by atoms with Gasteiger partial charge in [0, 0.05) is 5.75 Å². The lowest BCUT2D eigenvalue weighted by molar-refractivity contribution is 0.627. The zero-order chi connectivity index (χ0) is 18.1. The molecule has 2 aromatic carbocycles. The highest BCUT2D eigenvalue weighted by molar-refractivity contribution is 7.98. The summed E-state index contributed by atoms with van der Waals surface area (Å²) in [6.45, 7) is 2.05. The van der Waals surface area contributed by atoms with E-state index in [1.807, 2.05) is 12.1 Å². The number of aromatic nitrogens is 4. The summed E-state index contributed by atoms with van der Waals surface area (Å²) in [5, 5.41) is 5.15. The molecule has 4 rings (SSSR count). The zero-order valence-corrected chi connectivity index (χ0v) is 14.8. The van der Waals surface area contributed by atoms with E-state index in [1.54, 1.807) is 16.8 Å². The molecule has 2 heterocycles. The molecular weight excluding hydrogens is 351 g/mol. The van der Waals surface area contributed by atoms with Crippen molar-refractivity contribution in [1.29, 1.82) is 0 Å². The molecule has 5 nitrogen and oxygen atoms in total. The Hall–Kier alpha value is -2.93. The van der Waals surface area contributed by atoms with Crippen molar-refractivity contribution in [2.45, 2.75) is 17.8 Å². The minimum Gasteiger partial charge on any atom is -0.301 e. The molecule has 2 aromatic heterocycles. The number of aromatic amines is 1. The second-order valence-electron chi connectivity index (χ2n) is 5.86. The average Bonchev–Trinajstić information content (AvgIpc) is 3.06. The van der Waals surface area contributed by atoms with Gasteiger partial charge in [0.2, 0.25) is 0 Å². The van der Waals surface area contributed by atoms with Gasteiger partial charge < -0.3 is 4.98 Å². The van der Waals surface area contributed by atoms with Gasteiger partial charge in [-0.05, 0) is 42.3 Å². The summed E-state index contributed by atoms with van der Waals surface area (Å²) in [4.78, 5) is 19.7. The first-order valence-electron chi connectivity index (χ1n) is 8.03. The predicted molar refractivity (Wildman–Crippen MR) is 100 cm³/mol. The van der Waals surface area contributed by atoms with E-state index in [9.17, 15) is 9.18 Å². The fourth-order valence-corrected chi connectivity index (χ4v) is 3.59. The highest BCUT2D eigenvalue weighted by Crippen LogP contribution is 2.22. The molecule has 0 amide bonds. The summed E-state index contributed by atoms with van der Waals surface area (Å²) in [7, 11) is 0. The molecule has 0 spiro atoms. The maximum Gasteiger partial charge on any atom is 0.262 e. The van der Waals surface area contributed by atoms with Crippen LogP contribution in [0.5, 0.6) is 0 Å². The van der Waals surface area contributed by atoms with Crippen molar-refractivity contribution in [3.05, 3.63) is 82.0 Å². The van der Waals surface area contributed by atoms with Crippen molar-refractivity contribution < 1.29 is 4.39 Å². The molecule has 0 radical (unpaired) electrons. The van der Waals surface area contributed by atoms with Crippen LogP contribution in [0.3, 0.4) is 0 Å². The molecule has 0 fully saturated rings. The van der Waals surface area contributed by atoms with Crippen molar-refractivity contribution >= 4 is 22.8 Å². The first kappa shape index (κ1) is 16.5. The lowest BCUT2D eigenvalue weighted by Gasteiger charge is -2.06. The van der Waals surface area contributed by atoms with E-state index in [0.29, 0.717) is 27.6 Å². The van der Waals surface area contributed by atoms with Gasteiger partial charge in [-0.25, -0.2) is 14.1 Å². The first-order chi connectivity index (χ1) is 12.6. The maximum atomic E-state index is 13.2. The summed E-state index contributed by atoms with van der Waals surface area (Å²) in [6.07, 6.45) is 1.47. The number of fused-ring (bicyclic) bond motifs is 1. The zero-order valence-electron chi connectivity index (χ0n) is 13.9. The van der Waals surface area contributed by atoms with E-state index >= 15 is 0 Å². The number of nitrogens with zero attached hydrogens (tertiary/aromatic N) is 3. The van der Waals surface area contributed by atoms with Gasteiger partial charge in [-0.15, -0.1) is 0 Å². The second-order valence-corrected chi connectivity index (χ2v) is 6.82. The van der Waals surface area contributed by atoms with Crippen LogP contribution >= 0.6 is 11.8 Å². The minimum absolute atomic E-state index is 0.240. The summed E-state index contributed by atoms with van der Waals surface area (Å²) < 4.78 is 14.7. The summed E-state index contributed by atoms with van der Waals surface area (Å²) in [5.74, 6) is 0.372. The molecular formula is C19H15FN4OS. The third-order valence-corrected chi connectivity index (χ3v) is 5.04. The predicted octanol–water partition coefficient (Wildman–Crippen LogP) is 3.85. The smallest absolute Gasteiger partial charge is 0.262 e. The van der Waals surface area contributed by atoms with Crippen LogP contribution in [0.4, 0.5) is 4.39 Å². The molecule has 0 saturated heterocycles. The Bertz CT molecular complexity index is 1130. The molecule has 0 bridgehead atoms. The van der Waals surface area contributed by atoms with Crippen molar-refractivity contribution in [2.24, 2.45) is 0 Å². The Morgan fingerprint density at radius 3 is 2.69 bits per heavy atom. The van der Waals surface area contributed by atoms with Crippen molar-refractivity contribution in [1.82, 2.24) is 19.7 Å². The van der Waals surface area contributed by atoms with E-state index in [-0.39, 0.29) is 11.4 Å². The number of rotatable bonds is 4. The molecule has 1 N–H and O–H groups in total. The molecule has 0 aliphatic rings. The van der Waals surface area contributed by atoms with Crippen LogP contribution in [0.1, 0.15) is 11.1 Å². The van der Waals surface area contributed by atoms with Gasteiger partial charge >= 0.3 is 0 Å². The van der Waals surface area contributed by atoms with Crippen molar-refractivity contribution in [3.8, 4) is 5.69 Å². The van der Waals surface area contributed by atoms with Gasteiger partial charge in [-0.1, -0.05) is 36.0 Å².